The summed E-state index contributed by atoms with van der Waals surface area (Å²) in [7, 11) is -3.96. The highest BCUT2D eigenvalue weighted by molar-refractivity contribution is 7.98. The Morgan fingerprint density at radius 2 is 1.82 bits per heavy atom. The van der Waals surface area contributed by atoms with E-state index in [1.807, 2.05) is 37.4 Å². The number of carbonyl (C=O) groups is 1. The molecule has 0 spiro atoms. The molecule has 0 aromatic heterocycles. The molecule has 0 bridgehead atoms. The van der Waals surface area contributed by atoms with Crippen molar-refractivity contribution in [1.82, 2.24) is 9.62 Å². The van der Waals surface area contributed by atoms with Crippen LogP contribution in [0.1, 0.15) is 25.5 Å². The Balaban J connectivity index is 2.12. The van der Waals surface area contributed by atoms with Crippen molar-refractivity contribution in [2.24, 2.45) is 0 Å². The minimum atomic E-state index is -3.96. The van der Waals surface area contributed by atoms with Crippen LogP contribution in [0.15, 0.2) is 52.3 Å². The van der Waals surface area contributed by atoms with E-state index < -0.39 is 15.9 Å². The fourth-order valence-electron chi connectivity index (χ4n) is 2.60. The smallest absolute Gasteiger partial charge is 0.245 e. The summed E-state index contributed by atoms with van der Waals surface area (Å²) < 4.78 is 26.9. The Morgan fingerprint density at radius 1 is 1.18 bits per heavy atom. The first-order valence-electron chi connectivity index (χ1n) is 8.57. The molecule has 9 heteroatoms. The van der Waals surface area contributed by atoms with Crippen LogP contribution >= 0.6 is 35.0 Å². The van der Waals surface area contributed by atoms with E-state index in [-0.39, 0.29) is 34.1 Å². The molecule has 1 N–H and O–H groups in total. The van der Waals surface area contributed by atoms with E-state index in [0.717, 1.165) is 14.8 Å². The standard InChI is InChI=1S/C19H22Cl2N2O3S2/c1-4-23(28(25,26)18-11-15(20)7-10-17(18)21)12-19(24)22-13(2)14-5-8-16(27-3)9-6-14/h5-11,13H,4,12H2,1-3H3,(H,22,24). The van der Waals surface area contributed by atoms with Crippen molar-refractivity contribution in [3.8, 4) is 0 Å². The van der Waals surface area contributed by atoms with Crippen molar-refractivity contribution in [2.45, 2.75) is 29.7 Å². The maximum Gasteiger partial charge on any atom is 0.245 e. The van der Waals surface area contributed by atoms with Gasteiger partial charge < -0.3 is 5.32 Å². The van der Waals surface area contributed by atoms with Crippen molar-refractivity contribution in [3.05, 3.63) is 58.1 Å². The zero-order valence-corrected chi connectivity index (χ0v) is 18.9. The van der Waals surface area contributed by atoms with Gasteiger partial charge in [0.05, 0.1) is 17.6 Å². The van der Waals surface area contributed by atoms with Crippen LogP contribution < -0.4 is 5.32 Å². The van der Waals surface area contributed by atoms with Gasteiger partial charge in [-0.25, -0.2) is 8.42 Å². The van der Waals surface area contributed by atoms with Gasteiger partial charge in [-0.15, -0.1) is 11.8 Å². The molecule has 2 rings (SSSR count). The van der Waals surface area contributed by atoms with Gasteiger partial charge in [0, 0.05) is 16.5 Å². The number of carbonyl (C=O) groups excluding carboxylic acids is 1. The quantitative estimate of drug-likeness (QED) is 0.584. The number of nitrogens with zero attached hydrogens (tertiary/aromatic N) is 1. The Kier molecular flexibility index (Phi) is 8.21. The van der Waals surface area contributed by atoms with Gasteiger partial charge in [0.1, 0.15) is 4.90 Å². The molecule has 0 aliphatic heterocycles. The largest absolute Gasteiger partial charge is 0.348 e. The highest BCUT2D eigenvalue weighted by atomic mass is 35.5. The van der Waals surface area contributed by atoms with Crippen molar-refractivity contribution in [1.29, 1.82) is 0 Å². The third-order valence-electron chi connectivity index (χ3n) is 4.18. The number of hydrogen-bond donors (Lipinski definition) is 1. The highest BCUT2D eigenvalue weighted by Gasteiger charge is 2.28. The predicted molar refractivity (Wildman–Crippen MR) is 116 cm³/mol. The second-order valence-corrected chi connectivity index (χ2v) is 9.70. The number of benzene rings is 2. The molecule has 28 heavy (non-hydrogen) atoms. The van der Waals surface area contributed by atoms with Crippen LogP contribution in [0.25, 0.3) is 0 Å². The monoisotopic (exact) mass is 460 g/mol. The topological polar surface area (TPSA) is 66.5 Å². The molecule has 152 valence electrons. The lowest BCUT2D eigenvalue weighted by Crippen LogP contribution is -2.41. The number of nitrogens with one attached hydrogen (secondary N) is 1. The summed E-state index contributed by atoms with van der Waals surface area (Å²) in [6.45, 7) is 3.32. The van der Waals surface area contributed by atoms with Gasteiger partial charge >= 0.3 is 0 Å². The van der Waals surface area contributed by atoms with Crippen molar-refractivity contribution in [2.75, 3.05) is 19.3 Å². The maximum atomic E-state index is 12.9. The first-order chi connectivity index (χ1) is 13.2. The van der Waals surface area contributed by atoms with Crippen LogP contribution in [-0.4, -0.2) is 38.0 Å². The summed E-state index contributed by atoms with van der Waals surface area (Å²) in [5.41, 5.74) is 0.940. The Morgan fingerprint density at radius 3 is 2.39 bits per heavy atom. The van der Waals surface area contributed by atoms with Crippen molar-refractivity contribution >= 4 is 50.9 Å². The zero-order chi connectivity index (χ0) is 20.9. The number of hydrogen-bond acceptors (Lipinski definition) is 4. The van der Waals surface area contributed by atoms with E-state index in [9.17, 15) is 13.2 Å². The van der Waals surface area contributed by atoms with Crippen molar-refractivity contribution < 1.29 is 13.2 Å². The molecule has 0 saturated heterocycles. The fraction of sp³-hybridized carbons (Fsp3) is 0.316. The molecule has 0 radical (unpaired) electrons. The van der Waals surface area contributed by atoms with Crippen LogP contribution in [0.2, 0.25) is 10.0 Å². The molecule has 0 heterocycles. The molecule has 0 fully saturated rings. The Labute approximate surface area is 180 Å². The molecule has 1 amide bonds. The summed E-state index contributed by atoms with van der Waals surface area (Å²) in [6.07, 6.45) is 1.99. The lowest BCUT2D eigenvalue weighted by molar-refractivity contribution is -0.121. The molecule has 5 nitrogen and oxygen atoms in total. The third-order valence-corrected chi connectivity index (χ3v) is 7.56. The molecule has 2 aromatic rings. The lowest BCUT2D eigenvalue weighted by atomic mass is 10.1. The summed E-state index contributed by atoms with van der Waals surface area (Å²) in [6, 6.07) is 11.8. The van der Waals surface area contributed by atoms with Gasteiger partial charge in [-0.2, -0.15) is 4.31 Å². The maximum absolute atomic E-state index is 12.9. The van der Waals surface area contributed by atoms with E-state index in [4.69, 9.17) is 23.2 Å². The minimum absolute atomic E-state index is 0.0607. The van der Waals surface area contributed by atoms with Crippen LogP contribution in [0.5, 0.6) is 0 Å². The Bertz CT molecular complexity index is 935. The SMILES string of the molecule is CCN(CC(=O)NC(C)c1ccc(SC)cc1)S(=O)(=O)c1cc(Cl)ccc1Cl. The summed E-state index contributed by atoms with van der Waals surface area (Å²) in [5, 5.41) is 3.15. The zero-order valence-electron chi connectivity index (χ0n) is 15.8. The van der Waals surface area contributed by atoms with E-state index in [0.29, 0.717) is 0 Å². The van der Waals surface area contributed by atoms with Gasteiger partial charge in [-0.05, 0) is 49.1 Å². The fourth-order valence-corrected chi connectivity index (χ4v) is 5.15. The van der Waals surface area contributed by atoms with Gasteiger partial charge in [0.2, 0.25) is 15.9 Å². The Hall–Kier alpha value is -1.25. The van der Waals surface area contributed by atoms with E-state index in [2.05, 4.69) is 5.32 Å². The predicted octanol–water partition coefficient (Wildman–Crippen LogP) is 4.60. The first kappa shape index (κ1) is 23.0. The number of halogens is 2. The van der Waals surface area contributed by atoms with Gasteiger partial charge in [0.25, 0.3) is 0 Å². The normalized spacial score (nSPS) is 12.8. The molecule has 1 unspecified atom stereocenters. The summed E-state index contributed by atoms with van der Waals surface area (Å²) in [5.74, 6) is -0.398. The molecule has 0 aliphatic rings. The van der Waals surface area contributed by atoms with Crippen LogP contribution in [-0.2, 0) is 14.8 Å². The van der Waals surface area contributed by atoms with E-state index in [1.54, 1.807) is 18.7 Å². The molecular weight excluding hydrogens is 439 g/mol. The van der Waals surface area contributed by atoms with Crippen LogP contribution in [0.4, 0.5) is 0 Å². The number of amides is 1. The molecule has 1 atom stereocenters. The highest BCUT2D eigenvalue weighted by Crippen LogP contribution is 2.27. The van der Waals surface area contributed by atoms with E-state index in [1.165, 1.54) is 18.2 Å². The number of likely N-dealkylation sites (N-methyl/N-ethyl adjacent to an activating group) is 1. The third kappa shape index (κ3) is 5.64. The molecule has 0 aliphatic carbocycles. The molecule has 0 saturated carbocycles. The minimum Gasteiger partial charge on any atom is -0.348 e. The molecular formula is C19H22Cl2N2O3S2. The average molecular weight is 461 g/mol. The van der Waals surface area contributed by atoms with Gasteiger partial charge in [-0.1, -0.05) is 42.3 Å². The van der Waals surface area contributed by atoms with E-state index >= 15 is 0 Å². The number of sulfonamides is 1. The lowest BCUT2D eigenvalue weighted by Gasteiger charge is -2.22. The number of rotatable bonds is 8. The van der Waals surface area contributed by atoms with Gasteiger partial charge in [0.15, 0.2) is 0 Å². The first-order valence-corrected chi connectivity index (χ1v) is 12.0. The van der Waals surface area contributed by atoms with Gasteiger partial charge in [-0.3, -0.25) is 4.79 Å². The van der Waals surface area contributed by atoms with Crippen LogP contribution in [0, 0.1) is 0 Å². The second kappa shape index (κ2) is 9.98. The number of thioether (sulfide) groups is 1. The summed E-state index contributed by atoms with van der Waals surface area (Å²) in [4.78, 5) is 13.5. The summed E-state index contributed by atoms with van der Waals surface area (Å²) >= 11 is 13.6. The second-order valence-electron chi connectivity index (χ2n) is 6.07. The molecule has 2 aromatic carbocycles. The van der Waals surface area contributed by atoms with Crippen LogP contribution in [0.3, 0.4) is 0 Å². The average Bonchev–Trinajstić information content (AvgIpc) is 2.67. The van der Waals surface area contributed by atoms with Crippen molar-refractivity contribution in [3.63, 3.8) is 0 Å².